The Morgan fingerprint density at radius 1 is 1.53 bits per heavy atom. The van der Waals surface area contributed by atoms with E-state index in [-0.39, 0.29) is 18.5 Å². The summed E-state index contributed by atoms with van der Waals surface area (Å²) in [6.45, 7) is 2.62. The van der Waals surface area contributed by atoms with E-state index in [9.17, 15) is 4.39 Å². The number of halogens is 2. The molecule has 4 heteroatoms. The summed E-state index contributed by atoms with van der Waals surface area (Å²) in [6.07, 6.45) is 0.649. The van der Waals surface area contributed by atoms with Crippen LogP contribution in [0.4, 0.5) is 4.39 Å². The van der Waals surface area contributed by atoms with Crippen LogP contribution >= 0.6 is 11.6 Å². The molecule has 0 saturated carbocycles. The topological polar surface area (TPSA) is 32.3 Å². The van der Waals surface area contributed by atoms with Gasteiger partial charge in [0.15, 0.2) is 0 Å². The first kappa shape index (κ1) is 12.4. The van der Waals surface area contributed by atoms with E-state index in [1.54, 1.807) is 12.1 Å². The molecule has 2 nitrogen and oxygen atoms in total. The van der Waals surface area contributed by atoms with Crippen molar-refractivity contribution >= 4 is 11.6 Å². The van der Waals surface area contributed by atoms with Crippen molar-refractivity contribution in [1.82, 2.24) is 5.32 Å². The molecule has 0 bridgehead atoms. The Morgan fingerprint density at radius 3 is 2.87 bits per heavy atom. The van der Waals surface area contributed by atoms with Gasteiger partial charge in [0.05, 0.1) is 0 Å². The minimum Gasteiger partial charge on any atom is -0.396 e. The minimum atomic E-state index is -0.300. The Kier molecular flexibility index (Phi) is 5.02. The summed E-state index contributed by atoms with van der Waals surface area (Å²) < 4.78 is 13.4. The molecule has 15 heavy (non-hydrogen) atoms. The molecule has 1 unspecified atom stereocenters. The highest BCUT2D eigenvalue weighted by molar-refractivity contribution is 6.31. The summed E-state index contributed by atoms with van der Waals surface area (Å²) in [4.78, 5) is 0. The Balaban J connectivity index is 2.68. The molecule has 0 spiro atoms. The number of rotatable bonds is 5. The first-order valence-corrected chi connectivity index (χ1v) is 5.32. The smallest absolute Gasteiger partial charge is 0.129 e. The van der Waals surface area contributed by atoms with Gasteiger partial charge in [0, 0.05) is 23.2 Å². The Hall–Kier alpha value is -0.640. The van der Waals surface area contributed by atoms with Gasteiger partial charge in [0.2, 0.25) is 0 Å². The zero-order valence-electron chi connectivity index (χ0n) is 8.63. The first-order valence-electron chi connectivity index (χ1n) is 4.95. The van der Waals surface area contributed by atoms with Crippen LogP contribution in [0.1, 0.15) is 24.9 Å². The molecule has 0 heterocycles. The Labute approximate surface area is 94.1 Å². The van der Waals surface area contributed by atoms with Crippen LogP contribution in [0, 0.1) is 5.82 Å². The van der Waals surface area contributed by atoms with Gasteiger partial charge in [-0.15, -0.1) is 0 Å². The summed E-state index contributed by atoms with van der Waals surface area (Å²) in [5.41, 5.74) is 0.483. The van der Waals surface area contributed by atoms with Gasteiger partial charge in [0.25, 0.3) is 0 Å². The molecular weight excluding hydrogens is 217 g/mol. The van der Waals surface area contributed by atoms with E-state index in [1.807, 2.05) is 6.92 Å². The van der Waals surface area contributed by atoms with E-state index < -0.39 is 0 Å². The summed E-state index contributed by atoms with van der Waals surface area (Å²) >= 11 is 5.91. The molecule has 0 aliphatic carbocycles. The monoisotopic (exact) mass is 231 g/mol. The molecule has 0 aromatic heterocycles. The lowest BCUT2D eigenvalue weighted by molar-refractivity contribution is 0.283. The third kappa shape index (κ3) is 3.45. The van der Waals surface area contributed by atoms with Gasteiger partial charge in [-0.1, -0.05) is 17.7 Å². The second-order valence-electron chi connectivity index (χ2n) is 3.39. The molecule has 1 aromatic carbocycles. The van der Waals surface area contributed by atoms with E-state index in [0.717, 1.165) is 0 Å². The Bertz CT molecular complexity index is 299. The van der Waals surface area contributed by atoms with Gasteiger partial charge in [-0.05, 0) is 32.0 Å². The lowest BCUT2D eigenvalue weighted by Gasteiger charge is -2.15. The van der Waals surface area contributed by atoms with Crippen molar-refractivity contribution in [3.63, 3.8) is 0 Å². The lowest BCUT2D eigenvalue weighted by Crippen LogP contribution is -2.21. The van der Waals surface area contributed by atoms with Gasteiger partial charge in [-0.2, -0.15) is 0 Å². The largest absolute Gasteiger partial charge is 0.396 e. The van der Waals surface area contributed by atoms with Gasteiger partial charge < -0.3 is 10.4 Å². The SMILES string of the molecule is CC(NCCCO)c1c(F)cccc1Cl. The number of benzene rings is 1. The first-order chi connectivity index (χ1) is 7.16. The molecule has 1 atom stereocenters. The van der Waals surface area contributed by atoms with Crippen LogP contribution in [0.2, 0.25) is 5.02 Å². The quantitative estimate of drug-likeness (QED) is 0.764. The van der Waals surface area contributed by atoms with E-state index in [4.69, 9.17) is 16.7 Å². The highest BCUT2D eigenvalue weighted by atomic mass is 35.5. The third-order valence-electron chi connectivity index (χ3n) is 2.22. The second kappa shape index (κ2) is 6.05. The molecule has 0 amide bonds. The summed E-state index contributed by atoms with van der Waals surface area (Å²) in [7, 11) is 0. The predicted molar refractivity (Wildman–Crippen MR) is 59.5 cm³/mol. The van der Waals surface area contributed by atoms with Crippen LogP contribution in [-0.2, 0) is 0 Å². The van der Waals surface area contributed by atoms with Crippen LogP contribution in [0.25, 0.3) is 0 Å². The van der Waals surface area contributed by atoms with Crippen LogP contribution in [-0.4, -0.2) is 18.3 Å². The molecule has 0 saturated heterocycles. The van der Waals surface area contributed by atoms with Crippen molar-refractivity contribution in [3.8, 4) is 0 Å². The van der Waals surface area contributed by atoms with E-state index >= 15 is 0 Å². The maximum Gasteiger partial charge on any atom is 0.129 e. The molecule has 0 aliphatic rings. The maximum absolute atomic E-state index is 13.4. The standard InChI is InChI=1S/C11H15ClFNO/c1-8(14-6-3-7-15)11-9(12)4-2-5-10(11)13/h2,4-5,8,14-15H,3,6-7H2,1H3. The van der Waals surface area contributed by atoms with Crippen molar-refractivity contribution < 1.29 is 9.50 Å². The van der Waals surface area contributed by atoms with Crippen LogP contribution in [0.3, 0.4) is 0 Å². The summed E-state index contributed by atoms with van der Waals surface area (Å²) in [6, 6.07) is 4.50. The van der Waals surface area contributed by atoms with Gasteiger partial charge >= 0.3 is 0 Å². The third-order valence-corrected chi connectivity index (χ3v) is 2.55. The molecular formula is C11H15ClFNO. The summed E-state index contributed by atoms with van der Waals surface area (Å²) in [5, 5.41) is 12.1. The van der Waals surface area contributed by atoms with Crippen LogP contribution in [0.15, 0.2) is 18.2 Å². The van der Waals surface area contributed by atoms with Gasteiger partial charge in [-0.25, -0.2) is 4.39 Å². The highest BCUT2D eigenvalue weighted by Gasteiger charge is 2.13. The highest BCUT2D eigenvalue weighted by Crippen LogP contribution is 2.25. The number of nitrogens with one attached hydrogen (secondary N) is 1. The van der Waals surface area contributed by atoms with Crippen LogP contribution in [0.5, 0.6) is 0 Å². The molecule has 1 rings (SSSR count). The van der Waals surface area contributed by atoms with E-state index in [1.165, 1.54) is 6.07 Å². The lowest BCUT2D eigenvalue weighted by atomic mass is 10.1. The Morgan fingerprint density at radius 2 is 2.27 bits per heavy atom. The fraction of sp³-hybridized carbons (Fsp3) is 0.455. The van der Waals surface area contributed by atoms with Gasteiger partial charge in [-0.3, -0.25) is 0 Å². The predicted octanol–water partition coefficient (Wildman–Crippen LogP) is 2.51. The van der Waals surface area contributed by atoms with Crippen molar-refractivity contribution in [1.29, 1.82) is 0 Å². The number of hydrogen-bond acceptors (Lipinski definition) is 2. The number of aliphatic hydroxyl groups is 1. The minimum absolute atomic E-state index is 0.130. The van der Waals surface area contributed by atoms with Crippen molar-refractivity contribution in [2.24, 2.45) is 0 Å². The zero-order chi connectivity index (χ0) is 11.3. The van der Waals surface area contributed by atoms with E-state index in [2.05, 4.69) is 5.32 Å². The van der Waals surface area contributed by atoms with Gasteiger partial charge in [0.1, 0.15) is 5.82 Å². The number of aliphatic hydroxyl groups excluding tert-OH is 1. The number of hydrogen-bond donors (Lipinski definition) is 2. The van der Waals surface area contributed by atoms with E-state index in [0.29, 0.717) is 23.6 Å². The molecule has 2 N–H and O–H groups in total. The molecule has 0 fully saturated rings. The molecule has 1 aromatic rings. The normalized spacial score (nSPS) is 12.8. The fourth-order valence-electron chi connectivity index (χ4n) is 1.42. The molecule has 0 radical (unpaired) electrons. The van der Waals surface area contributed by atoms with Crippen molar-refractivity contribution in [2.45, 2.75) is 19.4 Å². The summed E-state index contributed by atoms with van der Waals surface area (Å²) in [5.74, 6) is -0.300. The van der Waals surface area contributed by atoms with Crippen molar-refractivity contribution in [3.05, 3.63) is 34.6 Å². The molecule has 0 aliphatic heterocycles. The fourth-order valence-corrected chi connectivity index (χ4v) is 1.75. The average molecular weight is 232 g/mol. The zero-order valence-corrected chi connectivity index (χ0v) is 9.39. The van der Waals surface area contributed by atoms with Crippen LogP contribution < -0.4 is 5.32 Å². The molecule has 84 valence electrons. The maximum atomic E-state index is 13.4. The average Bonchev–Trinajstić information content (AvgIpc) is 2.18. The van der Waals surface area contributed by atoms with Crippen molar-refractivity contribution in [2.75, 3.05) is 13.2 Å². The second-order valence-corrected chi connectivity index (χ2v) is 3.80.